The number of thiazole rings is 1. The highest BCUT2D eigenvalue weighted by atomic mass is 32.1. The van der Waals surface area contributed by atoms with Crippen molar-refractivity contribution < 1.29 is 4.79 Å². The number of imidazole rings is 1. The Hall–Kier alpha value is -4.04. The summed E-state index contributed by atoms with van der Waals surface area (Å²) in [4.78, 5) is 34.6. The van der Waals surface area contributed by atoms with Gasteiger partial charge < -0.3 is 5.32 Å². The van der Waals surface area contributed by atoms with Gasteiger partial charge >= 0.3 is 0 Å². The minimum Gasteiger partial charge on any atom is -0.325 e. The highest BCUT2D eigenvalue weighted by molar-refractivity contribution is 7.15. The minimum absolute atomic E-state index is 0.111. The van der Waals surface area contributed by atoms with Crippen LogP contribution in [0.4, 0.5) is 5.69 Å². The molecule has 0 aliphatic heterocycles. The van der Waals surface area contributed by atoms with Gasteiger partial charge in [0.2, 0.25) is 5.91 Å². The zero-order valence-electron chi connectivity index (χ0n) is 16.3. The quantitative estimate of drug-likeness (QED) is 0.461. The number of rotatable bonds is 5. The van der Waals surface area contributed by atoms with Crippen molar-refractivity contribution in [3.63, 3.8) is 0 Å². The van der Waals surface area contributed by atoms with Gasteiger partial charge in [0, 0.05) is 40.7 Å². The molecule has 0 atom stereocenters. The summed E-state index contributed by atoms with van der Waals surface area (Å²) in [5.41, 5.74) is 3.65. The highest BCUT2D eigenvalue weighted by Gasteiger charge is 2.09. The standard InChI is InChI=1S/C23H17N5O2S/c29-21(14-28-15-24-19(12-22(28)30)16-4-2-1-3-5-16)25-18-8-6-17(7-9-18)20-13-27-10-11-31-23(27)26-20/h1-13,15H,14H2,(H,25,29). The third-order valence-corrected chi connectivity index (χ3v) is 5.59. The molecule has 0 fully saturated rings. The zero-order chi connectivity index (χ0) is 21.2. The van der Waals surface area contributed by atoms with Crippen LogP contribution in [0.1, 0.15) is 0 Å². The first-order valence-electron chi connectivity index (χ1n) is 9.60. The van der Waals surface area contributed by atoms with Crippen molar-refractivity contribution in [3.8, 4) is 22.5 Å². The molecule has 0 saturated carbocycles. The van der Waals surface area contributed by atoms with Crippen LogP contribution in [-0.4, -0.2) is 24.8 Å². The Labute approximate surface area is 181 Å². The molecule has 0 saturated heterocycles. The Kier molecular flexibility index (Phi) is 4.89. The van der Waals surface area contributed by atoms with Gasteiger partial charge in [0.1, 0.15) is 6.54 Å². The maximum absolute atomic E-state index is 12.4. The van der Waals surface area contributed by atoms with Crippen molar-refractivity contribution in [3.05, 3.63) is 95.1 Å². The normalized spacial score (nSPS) is 11.0. The number of hydrogen-bond donors (Lipinski definition) is 1. The second-order valence-electron chi connectivity index (χ2n) is 6.95. The molecular formula is C23H17N5O2S. The molecule has 0 spiro atoms. The summed E-state index contributed by atoms with van der Waals surface area (Å²) in [6, 6.07) is 18.3. The maximum atomic E-state index is 12.4. The summed E-state index contributed by atoms with van der Waals surface area (Å²) in [7, 11) is 0. The van der Waals surface area contributed by atoms with Gasteiger partial charge in [0.25, 0.3) is 5.56 Å². The Morgan fingerprint density at radius 3 is 2.52 bits per heavy atom. The van der Waals surface area contributed by atoms with E-state index in [4.69, 9.17) is 0 Å². The monoisotopic (exact) mass is 427 g/mol. The number of hydrogen-bond acceptors (Lipinski definition) is 5. The number of anilines is 1. The van der Waals surface area contributed by atoms with Crippen LogP contribution in [0.25, 0.3) is 27.5 Å². The van der Waals surface area contributed by atoms with Crippen molar-refractivity contribution in [2.45, 2.75) is 6.54 Å². The number of carbonyl (C=O) groups is 1. The molecule has 0 aliphatic carbocycles. The van der Waals surface area contributed by atoms with Gasteiger partial charge in [-0.05, 0) is 12.1 Å². The molecule has 5 aromatic rings. The smallest absolute Gasteiger partial charge is 0.254 e. The van der Waals surface area contributed by atoms with Crippen molar-refractivity contribution >= 4 is 27.9 Å². The molecule has 5 rings (SSSR count). The summed E-state index contributed by atoms with van der Waals surface area (Å²) >= 11 is 1.58. The van der Waals surface area contributed by atoms with Gasteiger partial charge in [0.05, 0.1) is 17.7 Å². The lowest BCUT2D eigenvalue weighted by Crippen LogP contribution is -2.27. The lowest BCUT2D eigenvalue weighted by Gasteiger charge is -2.08. The van der Waals surface area contributed by atoms with E-state index < -0.39 is 0 Å². The van der Waals surface area contributed by atoms with Crippen LogP contribution in [0, 0.1) is 0 Å². The van der Waals surface area contributed by atoms with E-state index in [0.717, 1.165) is 21.8 Å². The van der Waals surface area contributed by atoms with Crippen LogP contribution >= 0.6 is 11.3 Å². The van der Waals surface area contributed by atoms with E-state index in [9.17, 15) is 9.59 Å². The second-order valence-corrected chi connectivity index (χ2v) is 7.82. The molecule has 1 N–H and O–H groups in total. The number of benzene rings is 2. The van der Waals surface area contributed by atoms with Gasteiger partial charge in [-0.15, -0.1) is 11.3 Å². The van der Waals surface area contributed by atoms with E-state index in [2.05, 4.69) is 15.3 Å². The van der Waals surface area contributed by atoms with E-state index in [1.54, 1.807) is 11.3 Å². The molecule has 0 bridgehead atoms. The Bertz CT molecular complexity index is 1390. The molecule has 7 nitrogen and oxygen atoms in total. The van der Waals surface area contributed by atoms with Gasteiger partial charge in [-0.3, -0.25) is 18.6 Å². The number of amides is 1. The topological polar surface area (TPSA) is 81.3 Å². The number of fused-ring (bicyclic) bond motifs is 1. The molecule has 0 aliphatic rings. The Morgan fingerprint density at radius 1 is 1.00 bits per heavy atom. The summed E-state index contributed by atoms with van der Waals surface area (Å²) in [6.07, 6.45) is 5.34. The summed E-state index contributed by atoms with van der Waals surface area (Å²) in [6.45, 7) is -0.111. The fourth-order valence-corrected chi connectivity index (χ4v) is 3.96. The minimum atomic E-state index is -0.299. The molecule has 8 heteroatoms. The van der Waals surface area contributed by atoms with Crippen LogP contribution in [0.15, 0.2) is 89.6 Å². The molecule has 31 heavy (non-hydrogen) atoms. The summed E-state index contributed by atoms with van der Waals surface area (Å²) in [5, 5.41) is 4.80. The molecule has 2 aromatic carbocycles. The molecule has 3 heterocycles. The fraction of sp³-hybridized carbons (Fsp3) is 0.0435. The number of aromatic nitrogens is 4. The lowest BCUT2D eigenvalue weighted by atomic mass is 10.1. The van der Waals surface area contributed by atoms with E-state index in [1.165, 1.54) is 17.0 Å². The van der Waals surface area contributed by atoms with Crippen molar-refractivity contribution in [1.29, 1.82) is 0 Å². The van der Waals surface area contributed by atoms with Gasteiger partial charge in [-0.1, -0.05) is 42.5 Å². The van der Waals surface area contributed by atoms with Crippen LogP contribution in [-0.2, 0) is 11.3 Å². The van der Waals surface area contributed by atoms with Crippen molar-refractivity contribution in [1.82, 2.24) is 18.9 Å². The van der Waals surface area contributed by atoms with Crippen LogP contribution < -0.4 is 10.9 Å². The van der Waals surface area contributed by atoms with E-state index in [-0.39, 0.29) is 18.0 Å². The Morgan fingerprint density at radius 2 is 1.77 bits per heavy atom. The second kappa shape index (κ2) is 8.00. The third-order valence-electron chi connectivity index (χ3n) is 4.82. The van der Waals surface area contributed by atoms with Crippen molar-refractivity contribution in [2.24, 2.45) is 0 Å². The van der Waals surface area contributed by atoms with E-state index in [1.807, 2.05) is 76.8 Å². The molecule has 3 aromatic heterocycles. The van der Waals surface area contributed by atoms with E-state index in [0.29, 0.717) is 11.4 Å². The van der Waals surface area contributed by atoms with Crippen LogP contribution in [0.5, 0.6) is 0 Å². The largest absolute Gasteiger partial charge is 0.325 e. The molecule has 0 unspecified atom stereocenters. The maximum Gasteiger partial charge on any atom is 0.254 e. The highest BCUT2D eigenvalue weighted by Crippen LogP contribution is 2.23. The Balaban J connectivity index is 1.26. The predicted octanol–water partition coefficient (Wildman–Crippen LogP) is 3.93. The third kappa shape index (κ3) is 4.01. The van der Waals surface area contributed by atoms with Gasteiger partial charge in [0.15, 0.2) is 4.96 Å². The average molecular weight is 427 g/mol. The summed E-state index contributed by atoms with van der Waals surface area (Å²) in [5.74, 6) is -0.299. The predicted molar refractivity (Wildman–Crippen MR) is 121 cm³/mol. The zero-order valence-corrected chi connectivity index (χ0v) is 17.1. The average Bonchev–Trinajstić information content (AvgIpc) is 3.39. The SMILES string of the molecule is O=C(Cn1cnc(-c2ccccc2)cc1=O)Nc1ccc(-c2cn3ccsc3n2)cc1. The lowest BCUT2D eigenvalue weighted by molar-refractivity contribution is -0.116. The molecule has 152 valence electrons. The first kappa shape index (κ1) is 19.0. The molecule has 0 radical (unpaired) electrons. The molecular weight excluding hydrogens is 410 g/mol. The van der Waals surface area contributed by atoms with E-state index >= 15 is 0 Å². The number of nitrogens with zero attached hydrogens (tertiary/aromatic N) is 4. The van der Waals surface area contributed by atoms with Crippen LogP contribution in [0.3, 0.4) is 0 Å². The number of carbonyl (C=O) groups excluding carboxylic acids is 1. The first-order chi connectivity index (χ1) is 15.2. The summed E-state index contributed by atoms with van der Waals surface area (Å²) < 4.78 is 3.26. The van der Waals surface area contributed by atoms with Gasteiger partial charge in [-0.2, -0.15) is 0 Å². The first-order valence-corrected chi connectivity index (χ1v) is 10.5. The van der Waals surface area contributed by atoms with Crippen molar-refractivity contribution in [2.75, 3.05) is 5.32 Å². The molecule has 1 amide bonds. The number of nitrogens with one attached hydrogen (secondary N) is 1. The fourth-order valence-electron chi connectivity index (χ4n) is 3.26. The van der Waals surface area contributed by atoms with Gasteiger partial charge in [-0.25, -0.2) is 9.97 Å². The van der Waals surface area contributed by atoms with Crippen LogP contribution in [0.2, 0.25) is 0 Å².